The van der Waals surface area contributed by atoms with Crippen LogP contribution in [0.15, 0.2) is 53.1 Å². The van der Waals surface area contributed by atoms with E-state index in [1.54, 1.807) is 6.20 Å². The molecule has 0 saturated heterocycles. The number of halogens is 1. The molecule has 0 spiro atoms. The molecule has 2 aromatic heterocycles. The average Bonchev–Trinajstić information content (AvgIpc) is 2.81. The van der Waals surface area contributed by atoms with E-state index in [0.29, 0.717) is 11.8 Å². The van der Waals surface area contributed by atoms with Gasteiger partial charge in [0.15, 0.2) is 5.22 Å². The van der Waals surface area contributed by atoms with Crippen LogP contribution in [0.25, 0.3) is 11.0 Å². The minimum atomic E-state index is 0.154. The quantitative estimate of drug-likeness (QED) is 0.775. The molecule has 3 rings (SSSR count). The van der Waals surface area contributed by atoms with Crippen LogP contribution in [0.1, 0.15) is 24.2 Å². The molecule has 3 aromatic rings. The zero-order valence-electron chi connectivity index (χ0n) is 11.1. The number of hydrogen-bond acceptors (Lipinski definition) is 3. The summed E-state index contributed by atoms with van der Waals surface area (Å²) < 4.78 is 5.55. The van der Waals surface area contributed by atoms with Gasteiger partial charge in [-0.3, -0.25) is 4.98 Å². The fourth-order valence-corrected chi connectivity index (χ4v) is 2.48. The van der Waals surface area contributed by atoms with Crippen LogP contribution in [0.4, 0.5) is 0 Å². The van der Waals surface area contributed by atoms with Crippen molar-refractivity contribution in [2.24, 2.45) is 0 Å². The number of rotatable bonds is 4. The second kappa shape index (κ2) is 5.65. The summed E-state index contributed by atoms with van der Waals surface area (Å²) in [6, 6.07) is 13.9. The van der Waals surface area contributed by atoms with Gasteiger partial charge in [0.25, 0.3) is 0 Å². The highest BCUT2D eigenvalue weighted by atomic mass is 35.5. The molecule has 0 bridgehead atoms. The maximum atomic E-state index is 6.17. The minimum absolute atomic E-state index is 0.154. The van der Waals surface area contributed by atoms with Crippen molar-refractivity contribution in [1.29, 1.82) is 0 Å². The SMILES string of the molecule is CC(NCc1c(Cl)oc2ccccc12)c1ccccn1. The summed E-state index contributed by atoms with van der Waals surface area (Å²) >= 11 is 6.17. The smallest absolute Gasteiger partial charge is 0.199 e. The van der Waals surface area contributed by atoms with Crippen LogP contribution in [0, 0.1) is 0 Å². The fourth-order valence-electron chi connectivity index (χ4n) is 2.23. The molecule has 1 aromatic carbocycles. The van der Waals surface area contributed by atoms with Crippen LogP contribution in [0.5, 0.6) is 0 Å². The van der Waals surface area contributed by atoms with E-state index >= 15 is 0 Å². The van der Waals surface area contributed by atoms with Gasteiger partial charge in [-0.2, -0.15) is 0 Å². The zero-order chi connectivity index (χ0) is 13.9. The molecule has 0 radical (unpaired) electrons. The van der Waals surface area contributed by atoms with Gasteiger partial charge in [0.2, 0.25) is 0 Å². The zero-order valence-corrected chi connectivity index (χ0v) is 11.9. The molecule has 1 atom stereocenters. The molecule has 0 aliphatic rings. The molecule has 20 heavy (non-hydrogen) atoms. The molecule has 2 heterocycles. The number of furan rings is 1. The highest BCUT2D eigenvalue weighted by molar-refractivity contribution is 6.30. The largest absolute Gasteiger partial charge is 0.444 e. The highest BCUT2D eigenvalue weighted by Crippen LogP contribution is 2.29. The van der Waals surface area contributed by atoms with Crippen LogP contribution >= 0.6 is 11.6 Å². The maximum Gasteiger partial charge on any atom is 0.199 e. The number of nitrogens with one attached hydrogen (secondary N) is 1. The first-order chi connectivity index (χ1) is 9.75. The van der Waals surface area contributed by atoms with Crippen LogP contribution in [-0.4, -0.2) is 4.98 Å². The lowest BCUT2D eigenvalue weighted by Gasteiger charge is -2.12. The Morgan fingerprint density at radius 1 is 1.20 bits per heavy atom. The molecule has 0 aliphatic carbocycles. The maximum absolute atomic E-state index is 6.17. The first-order valence-corrected chi connectivity index (χ1v) is 6.93. The molecule has 3 nitrogen and oxygen atoms in total. The Kier molecular flexibility index (Phi) is 3.72. The highest BCUT2D eigenvalue weighted by Gasteiger charge is 2.13. The first kappa shape index (κ1) is 13.2. The summed E-state index contributed by atoms with van der Waals surface area (Å²) in [5.41, 5.74) is 2.82. The van der Waals surface area contributed by atoms with E-state index in [0.717, 1.165) is 22.2 Å². The van der Waals surface area contributed by atoms with Crippen LogP contribution in [0.3, 0.4) is 0 Å². The second-order valence-corrected chi connectivity index (χ2v) is 5.05. The summed E-state index contributed by atoms with van der Waals surface area (Å²) in [5.74, 6) is 0. The van der Waals surface area contributed by atoms with Crippen molar-refractivity contribution in [3.8, 4) is 0 Å². The number of nitrogens with zero attached hydrogens (tertiary/aromatic N) is 1. The third-order valence-electron chi connectivity index (χ3n) is 3.37. The second-order valence-electron chi connectivity index (χ2n) is 4.71. The van der Waals surface area contributed by atoms with Crippen molar-refractivity contribution in [2.45, 2.75) is 19.5 Å². The van der Waals surface area contributed by atoms with E-state index in [1.165, 1.54) is 0 Å². The standard InChI is InChI=1S/C16H15ClN2O/c1-11(14-7-4-5-9-18-14)19-10-13-12-6-2-3-8-15(12)20-16(13)17/h2-9,11,19H,10H2,1H3. The lowest BCUT2D eigenvalue weighted by atomic mass is 10.1. The van der Waals surface area contributed by atoms with Gasteiger partial charge in [-0.15, -0.1) is 0 Å². The van der Waals surface area contributed by atoms with Crippen molar-refractivity contribution in [1.82, 2.24) is 10.3 Å². The van der Waals surface area contributed by atoms with Gasteiger partial charge in [0.1, 0.15) is 5.58 Å². The number of fused-ring (bicyclic) bond motifs is 1. The molecule has 1 unspecified atom stereocenters. The van der Waals surface area contributed by atoms with Gasteiger partial charge in [0.05, 0.1) is 5.69 Å². The molecule has 0 aliphatic heterocycles. The molecule has 102 valence electrons. The molecule has 1 N–H and O–H groups in total. The molecule has 0 saturated carbocycles. The first-order valence-electron chi connectivity index (χ1n) is 6.56. The van der Waals surface area contributed by atoms with Gasteiger partial charge >= 0.3 is 0 Å². The number of para-hydroxylation sites is 1. The van der Waals surface area contributed by atoms with Gasteiger partial charge in [0, 0.05) is 29.7 Å². The van der Waals surface area contributed by atoms with Crippen LogP contribution < -0.4 is 5.32 Å². The lowest BCUT2D eigenvalue weighted by molar-refractivity contribution is 0.553. The Labute approximate surface area is 122 Å². The number of hydrogen-bond donors (Lipinski definition) is 1. The molecular formula is C16H15ClN2O. The Balaban J connectivity index is 1.79. The predicted octanol–water partition coefficient (Wildman–Crippen LogP) is 4.33. The Morgan fingerprint density at radius 2 is 2.00 bits per heavy atom. The van der Waals surface area contributed by atoms with Crippen molar-refractivity contribution in [3.05, 3.63) is 65.1 Å². The Bertz CT molecular complexity index is 709. The number of aromatic nitrogens is 1. The molecule has 0 fully saturated rings. The van der Waals surface area contributed by atoms with E-state index in [-0.39, 0.29) is 6.04 Å². The van der Waals surface area contributed by atoms with Crippen molar-refractivity contribution in [3.63, 3.8) is 0 Å². The average molecular weight is 287 g/mol. The third-order valence-corrected chi connectivity index (χ3v) is 3.67. The Hall–Kier alpha value is -1.84. The monoisotopic (exact) mass is 286 g/mol. The van der Waals surface area contributed by atoms with Gasteiger partial charge in [-0.05, 0) is 36.7 Å². The normalized spacial score (nSPS) is 12.7. The third kappa shape index (κ3) is 2.55. The van der Waals surface area contributed by atoms with Crippen molar-refractivity contribution < 1.29 is 4.42 Å². The molecule has 0 amide bonds. The topological polar surface area (TPSA) is 38.1 Å². The molecule has 4 heteroatoms. The van der Waals surface area contributed by atoms with Gasteiger partial charge < -0.3 is 9.73 Å². The summed E-state index contributed by atoms with van der Waals surface area (Å²) in [5, 5.41) is 4.93. The van der Waals surface area contributed by atoms with Crippen molar-refractivity contribution >= 4 is 22.6 Å². The predicted molar refractivity (Wildman–Crippen MR) is 80.7 cm³/mol. The van der Waals surface area contributed by atoms with Gasteiger partial charge in [-0.25, -0.2) is 0 Å². The minimum Gasteiger partial charge on any atom is -0.444 e. The summed E-state index contributed by atoms with van der Waals surface area (Å²) in [4.78, 5) is 4.34. The van der Waals surface area contributed by atoms with E-state index in [2.05, 4.69) is 17.2 Å². The van der Waals surface area contributed by atoms with E-state index in [1.807, 2.05) is 42.5 Å². The number of pyridine rings is 1. The summed E-state index contributed by atoms with van der Waals surface area (Å²) in [6.45, 7) is 2.73. The van der Waals surface area contributed by atoms with E-state index in [9.17, 15) is 0 Å². The van der Waals surface area contributed by atoms with Gasteiger partial charge in [-0.1, -0.05) is 24.3 Å². The lowest BCUT2D eigenvalue weighted by Crippen LogP contribution is -2.18. The molecular weight excluding hydrogens is 272 g/mol. The summed E-state index contributed by atoms with van der Waals surface area (Å²) in [6.07, 6.45) is 1.80. The van der Waals surface area contributed by atoms with Crippen LogP contribution in [-0.2, 0) is 6.54 Å². The van der Waals surface area contributed by atoms with Crippen LogP contribution in [0.2, 0.25) is 5.22 Å². The fraction of sp³-hybridized carbons (Fsp3) is 0.188. The van der Waals surface area contributed by atoms with E-state index < -0.39 is 0 Å². The Morgan fingerprint density at radius 3 is 2.80 bits per heavy atom. The summed E-state index contributed by atoms with van der Waals surface area (Å²) in [7, 11) is 0. The number of benzene rings is 1. The van der Waals surface area contributed by atoms with Crippen molar-refractivity contribution in [2.75, 3.05) is 0 Å². The van der Waals surface area contributed by atoms with E-state index in [4.69, 9.17) is 16.0 Å².